The number of thiol groups is 1. The molecule has 0 aromatic rings. The summed E-state index contributed by atoms with van der Waals surface area (Å²) in [6, 6.07) is 0. The van der Waals surface area contributed by atoms with E-state index in [2.05, 4.69) is 40.3 Å². The molecule has 0 heterocycles. The van der Waals surface area contributed by atoms with Gasteiger partial charge in [0.2, 0.25) is 0 Å². The summed E-state index contributed by atoms with van der Waals surface area (Å²) in [7, 11) is 1.76. The van der Waals surface area contributed by atoms with E-state index >= 15 is 0 Å². The van der Waals surface area contributed by atoms with Gasteiger partial charge in [-0.05, 0) is 11.8 Å². The summed E-state index contributed by atoms with van der Waals surface area (Å²) in [5.74, 6) is 0. The van der Waals surface area contributed by atoms with Crippen molar-refractivity contribution in [2.75, 3.05) is 7.11 Å². The summed E-state index contributed by atoms with van der Waals surface area (Å²) in [5, 5.41) is 0.301. The van der Waals surface area contributed by atoms with E-state index in [1.165, 1.54) is 0 Å². The Morgan fingerprint density at radius 3 is 2.00 bits per heavy atom. The van der Waals surface area contributed by atoms with Crippen molar-refractivity contribution in [3.8, 4) is 0 Å². The van der Waals surface area contributed by atoms with Crippen LogP contribution >= 0.6 is 12.6 Å². The number of rotatable bonds is 4. The quantitative estimate of drug-likeness (QED) is 0.648. The Labute approximate surface area is 75.9 Å². The SMILES string of the molecule is CCC(C)(C)C(OC)C(C)S. The molecule has 0 spiro atoms. The molecule has 2 heteroatoms. The zero-order valence-corrected chi connectivity index (χ0v) is 9.11. The maximum absolute atomic E-state index is 5.39. The first kappa shape index (κ1) is 11.3. The van der Waals surface area contributed by atoms with Gasteiger partial charge >= 0.3 is 0 Å². The van der Waals surface area contributed by atoms with E-state index < -0.39 is 0 Å². The molecule has 2 unspecified atom stereocenters. The minimum Gasteiger partial charge on any atom is -0.380 e. The average molecular weight is 176 g/mol. The molecule has 0 aliphatic rings. The Kier molecular flexibility index (Phi) is 4.49. The molecule has 0 saturated heterocycles. The number of ether oxygens (including phenoxy) is 1. The third kappa shape index (κ3) is 3.04. The lowest BCUT2D eigenvalue weighted by Gasteiger charge is -2.34. The molecule has 0 radical (unpaired) electrons. The van der Waals surface area contributed by atoms with Crippen LogP contribution in [0.2, 0.25) is 0 Å². The first-order valence-corrected chi connectivity index (χ1v) is 4.68. The molecule has 0 aliphatic carbocycles. The Hall–Kier alpha value is 0.310. The van der Waals surface area contributed by atoms with E-state index in [4.69, 9.17) is 4.74 Å². The average Bonchev–Trinajstić information content (AvgIpc) is 1.88. The molecule has 2 atom stereocenters. The molecular formula is C9H20OS. The highest BCUT2D eigenvalue weighted by Crippen LogP contribution is 2.30. The lowest BCUT2D eigenvalue weighted by Crippen LogP contribution is -2.36. The summed E-state index contributed by atoms with van der Waals surface area (Å²) in [6.45, 7) is 8.69. The number of hydrogen-bond donors (Lipinski definition) is 1. The zero-order valence-electron chi connectivity index (χ0n) is 8.22. The standard InChI is InChI=1S/C9H20OS/c1-6-9(3,4)8(10-5)7(2)11/h7-8,11H,6H2,1-5H3. The summed E-state index contributed by atoms with van der Waals surface area (Å²) < 4.78 is 5.39. The van der Waals surface area contributed by atoms with Crippen LogP contribution in [0.4, 0.5) is 0 Å². The summed E-state index contributed by atoms with van der Waals surface area (Å²) in [5.41, 5.74) is 0.232. The van der Waals surface area contributed by atoms with Crippen LogP contribution in [0.3, 0.4) is 0 Å². The van der Waals surface area contributed by atoms with Crippen LogP contribution in [0.15, 0.2) is 0 Å². The number of methoxy groups -OCH3 is 1. The first-order chi connectivity index (χ1) is 4.95. The molecule has 1 nitrogen and oxygen atoms in total. The molecule has 0 amide bonds. The molecule has 0 bridgehead atoms. The van der Waals surface area contributed by atoms with Gasteiger partial charge in [0.1, 0.15) is 0 Å². The highest BCUT2D eigenvalue weighted by Gasteiger charge is 2.30. The smallest absolute Gasteiger partial charge is 0.0735 e. The lowest BCUT2D eigenvalue weighted by atomic mass is 9.82. The van der Waals surface area contributed by atoms with Gasteiger partial charge in [0.15, 0.2) is 0 Å². The van der Waals surface area contributed by atoms with Crippen molar-refractivity contribution in [1.29, 1.82) is 0 Å². The fourth-order valence-electron chi connectivity index (χ4n) is 1.37. The van der Waals surface area contributed by atoms with Crippen molar-refractivity contribution < 1.29 is 4.74 Å². The van der Waals surface area contributed by atoms with Gasteiger partial charge in [-0.2, -0.15) is 12.6 Å². The molecule has 68 valence electrons. The van der Waals surface area contributed by atoms with Crippen LogP contribution in [0.25, 0.3) is 0 Å². The van der Waals surface area contributed by atoms with Crippen molar-refractivity contribution in [3.63, 3.8) is 0 Å². The van der Waals surface area contributed by atoms with Crippen molar-refractivity contribution in [3.05, 3.63) is 0 Å². The van der Waals surface area contributed by atoms with Crippen LogP contribution in [0, 0.1) is 5.41 Å². The van der Waals surface area contributed by atoms with Gasteiger partial charge in [-0.25, -0.2) is 0 Å². The van der Waals surface area contributed by atoms with Gasteiger partial charge in [-0.1, -0.05) is 27.7 Å². The predicted octanol–water partition coefficient (Wildman–Crippen LogP) is 2.76. The summed E-state index contributed by atoms with van der Waals surface area (Å²) in [6.07, 6.45) is 1.37. The molecule has 0 saturated carbocycles. The second kappa shape index (κ2) is 4.36. The third-order valence-electron chi connectivity index (χ3n) is 2.37. The highest BCUT2D eigenvalue weighted by atomic mass is 32.1. The summed E-state index contributed by atoms with van der Waals surface area (Å²) >= 11 is 4.40. The van der Waals surface area contributed by atoms with Gasteiger partial charge < -0.3 is 4.74 Å². The second-order valence-corrected chi connectivity index (χ2v) is 4.55. The minimum absolute atomic E-state index is 0.232. The van der Waals surface area contributed by atoms with Crippen LogP contribution in [-0.4, -0.2) is 18.5 Å². The molecule has 0 N–H and O–H groups in total. The molecule has 0 aromatic heterocycles. The van der Waals surface area contributed by atoms with Crippen LogP contribution in [0.1, 0.15) is 34.1 Å². The largest absolute Gasteiger partial charge is 0.380 e. The van der Waals surface area contributed by atoms with Crippen LogP contribution in [-0.2, 0) is 4.74 Å². The minimum atomic E-state index is 0.232. The fraction of sp³-hybridized carbons (Fsp3) is 1.00. The van der Waals surface area contributed by atoms with Gasteiger partial charge in [0.25, 0.3) is 0 Å². The van der Waals surface area contributed by atoms with E-state index in [9.17, 15) is 0 Å². The highest BCUT2D eigenvalue weighted by molar-refractivity contribution is 7.81. The Morgan fingerprint density at radius 1 is 1.45 bits per heavy atom. The summed E-state index contributed by atoms with van der Waals surface area (Å²) in [4.78, 5) is 0. The maximum atomic E-state index is 5.39. The van der Waals surface area contributed by atoms with Gasteiger partial charge in [0, 0.05) is 12.4 Å². The first-order valence-electron chi connectivity index (χ1n) is 4.16. The Balaban J connectivity index is 4.23. The topological polar surface area (TPSA) is 9.23 Å². The van der Waals surface area contributed by atoms with E-state index in [1.54, 1.807) is 7.11 Å². The van der Waals surface area contributed by atoms with Crippen molar-refractivity contribution in [2.45, 2.75) is 45.5 Å². The molecule has 0 aromatic carbocycles. The van der Waals surface area contributed by atoms with Crippen molar-refractivity contribution in [2.24, 2.45) is 5.41 Å². The maximum Gasteiger partial charge on any atom is 0.0735 e. The van der Waals surface area contributed by atoms with E-state index in [-0.39, 0.29) is 11.5 Å². The van der Waals surface area contributed by atoms with Crippen LogP contribution in [0.5, 0.6) is 0 Å². The van der Waals surface area contributed by atoms with Crippen LogP contribution < -0.4 is 0 Å². The third-order valence-corrected chi connectivity index (χ3v) is 2.64. The van der Waals surface area contributed by atoms with Gasteiger partial charge in [-0.15, -0.1) is 0 Å². The van der Waals surface area contributed by atoms with Crippen molar-refractivity contribution in [1.82, 2.24) is 0 Å². The Bertz CT molecular complexity index is 110. The fourth-order valence-corrected chi connectivity index (χ4v) is 1.90. The monoisotopic (exact) mass is 176 g/mol. The molecule has 0 aliphatic heterocycles. The molecule has 0 fully saturated rings. The normalized spacial score (nSPS) is 18.0. The van der Waals surface area contributed by atoms with Gasteiger partial charge in [0.05, 0.1) is 6.10 Å². The zero-order chi connectivity index (χ0) is 9.07. The predicted molar refractivity (Wildman–Crippen MR) is 53.3 cm³/mol. The molecule has 11 heavy (non-hydrogen) atoms. The second-order valence-electron chi connectivity index (χ2n) is 3.74. The number of hydrogen-bond acceptors (Lipinski definition) is 2. The Morgan fingerprint density at radius 2 is 1.91 bits per heavy atom. The van der Waals surface area contributed by atoms with E-state index in [0.717, 1.165) is 6.42 Å². The molecular weight excluding hydrogens is 156 g/mol. The van der Waals surface area contributed by atoms with Gasteiger partial charge in [-0.3, -0.25) is 0 Å². The van der Waals surface area contributed by atoms with E-state index in [0.29, 0.717) is 5.25 Å². The molecule has 0 rings (SSSR count). The van der Waals surface area contributed by atoms with Crippen molar-refractivity contribution >= 4 is 12.6 Å². The van der Waals surface area contributed by atoms with E-state index in [1.807, 2.05) is 0 Å². The lowest BCUT2D eigenvalue weighted by molar-refractivity contribution is 0.00697.